The van der Waals surface area contributed by atoms with Crippen LogP contribution in [0.5, 0.6) is 17.2 Å². The second-order valence-corrected chi connectivity index (χ2v) is 10.5. The highest BCUT2D eigenvalue weighted by atomic mass is 32.2. The summed E-state index contributed by atoms with van der Waals surface area (Å²) in [6.45, 7) is 6.33. The molecule has 0 unspecified atom stereocenters. The predicted octanol–water partition coefficient (Wildman–Crippen LogP) is 1.69. The summed E-state index contributed by atoms with van der Waals surface area (Å²) < 4.78 is 45.9. The minimum absolute atomic E-state index is 0.170. The molecule has 0 N–H and O–H groups in total. The van der Waals surface area contributed by atoms with Crippen LogP contribution in [0.4, 0.5) is 0 Å². The monoisotopic (exact) mass is 449 g/mol. The summed E-state index contributed by atoms with van der Waals surface area (Å²) in [5.41, 5.74) is 1.69. The summed E-state index contributed by atoms with van der Waals surface area (Å²) in [4.78, 5) is 9.40. The second kappa shape index (κ2) is 7.99. The van der Waals surface area contributed by atoms with E-state index in [1.165, 1.54) is 0 Å². The SMILES string of the molecule is COc1cc(-c2nc(CN3CCN([C@@H]4CCS(=O)(=O)C4)CC3)c(C)o2)cc2c1OCO2. The minimum Gasteiger partial charge on any atom is -0.493 e. The molecule has 5 rings (SSSR count). The third-order valence-electron chi connectivity index (χ3n) is 6.30. The van der Waals surface area contributed by atoms with Gasteiger partial charge in [-0.3, -0.25) is 9.80 Å². The largest absolute Gasteiger partial charge is 0.493 e. The van der Waals surface area contributed by atoms with Crippen LogP contribution in [-0.2, 0) is 16.4 Å². The fourth-order valence-electron chi connectivity index (χ4n) is 4.51. The molecule has 168 valence electrons. The molecule has 9 nitrogen and oxygen atoms in total. The van der Waals surface area contributed by atoms with Gasteiger partial charge in [0.15, 0.2) is 21.3 Å². The molecule has 2 fully saturated rings. The van der Waals surface area contributed by atoms with E-state index in [4.69, 9.17) is 23.6 Å². The molecule has 2 aromatic rings. The zero-order valence-electron chi connectivity index (χ0n) is 17.8. The lowest BCUT2D eigenvalue weighted by atomic mass is 10.2. The Balaban J connectivity index is 1.25. The Bertz CT molecular complexity index is 1080. The van der Waals surface area contributed by atoms with Crippen molar-refractivity contribution >= 4 is 9.84 Å². The van der Waals surface area contributed by atoms with E-state index in [-0.39, 0.29) is 12.8 Å². The van der Waals surface area contributed by atoms with Crippen LogP contribution in [0.25, 0.3) is 11.5 Å². The highest BCUT2D eigenvalue weighted by molar-refractivity contribution is 7.91. The quantitative estimate of drug-likeness (QED) is 0.676. The summed E-state index contributed by atoms with van der Waals surface area (Å²) >= 11 is 0. The van der Waals surface area contributed by atoms with E-state index >= 15 is 0 Å². The summed E-state index contributed by atoms with van der Waals surface area (Å²) in [6, 6.07) is 3.87. The van der Waals surface area contributed by atoms with Crippen molar-refractivity contribution in [3.05, 3.63) is 23.6 Å². The smallest absolute Gasteiger partial charge is 0.231 e. The average molecular weight is 450 g/mol. The Hall–Kier alpha value is -2.30. The third-order valence-corrected chi connectivity index (χ3v) is 8.05. The molecule has 1 aromatic carbocycles. The molecule has 31 heavy (non-hydrogen) atoms. The number of fused-ring (bicyclic) bond motifs is 1. The molecule has 0 spiro atoms. The van der Waals surface area contributed by atoms with Crippen molar-refractivity contribution in [2.45, 2.75) is 25.9 Å². The first kappa shape index (κ1) is 20.6. The van der Waals surface area contributed by atoms with Crippen LogP contribution >= 0.6 is 0 Å². The first-order chi connectivity index (χ1) is 14.9. The lowest BCUT2D eigenvalue weighted by molar-refractivity contribution is 0.0990. The zero-order valence-corrected chi connectivity index (χ0v) is 18.6. The molecule has 3 aliphatic rings. The molecule has 0 saturated carbocycles. The first-order valence-electron chi connectivity index (χ1n) is 10.5. The normalized spacial score (nSPS) is 23.4. The van der Waals surface area contributed by atoms with E-state index in [2.05, 4.69) is 9.80 Å². The van der Waals surface area contributed by atoms with Crippen LogP contribution in [-0.4, -0.2) is 80.8 Å². The first-order valence-corrected chi connectivity index (χ1v) is 12.3. The Kier molecular flexibility index (Phi) is 5.31. The number of hydrogen-bond donors (Lipinski definition) is 0. The maximum atomic E-state index is 11.8. The fraction of sp³-hybridized carbons (Fsp3) is 0.571. The van der Waals surface area contributed by atoms with E-state index in [0.29, 0.717) is 41.2 Å². The number of aromatic nitrogens is 1. The van der Waals surface area contributed by atoms with Crippen molar-refractivity contribution in [1.29, 1.82) is 0 Å². The van der Waals surface area contributed by atoms with E-state index in [9.17, 15) is 8.42 Å². The average Bonchev–Trinajstić information content (AvgIpc) is 3.46. The van der Waals surface area contributed by atoms with Crippen LogP contribution in [0.3, 0.4) is 0 Å². The van der Waals surface area contributed by atoms with Crippen molar-refractivity contribution < 1.29 is 27.0 Å². The van der Waals surface area contributed by atoms with Gasteiger partial charge in [-0.2, -0.15) is 0 Å². The number of aryl methyl sites for hydroxylation is 1. The molecule has 2 saturated heterocycles. The topological polar surface area (TPSA) is 94.3 Å². The van der Waals surface area contributed by atoms with Gasteiger partial charge in [0.05, 0.1) is 24.3 Å². The number of nitrogens with zero attached hydrogens (tertiary/aromatic N) is 3. The number of rotatable bonds is 5. The van der Waals surface area contributed by atoms with E-state index in [0.717, 1.165) is 49.6 Å². The summed E-state index contributed by atoms with van der Waals surface area (Å²) in [7, 11) is -1.26. The number of ether oxygens (including phenoxy) is 3. The highest BCUT2D eigenvalue weighted by Crippen LogP contribution is 2.44. The predicted molar refractivity (Wildman–Crippen MR) is 113 cm³/mol. The number of hydrogen-bond acceptors (Lipinski definition) is 9. The molecule has 0 aliphatic carbocycles. The van der Waals surface area contributed by atoms with Crippen molar-refractivity contribution in [3.63, 3.8) is 0 Å². The summed E-state index contributed by atoms with van der Waals surface area (Å²) in [5, 5.41) is 0. The maximum Gasteiger partial charge on any atom is 0.231 e. The van der Waals surface area contributed by atoms with Gasteiger partial charge in [-0.1, -0.05) is 0 Å². The highest BCUT2D eigenvalue weighted by Gasteiger charge is 2.34. The van der Waals surface area contributed by atoms with Gasteiger partial charge in [-0.25, -0.2) is 13.4 Å². The Morgan fingerprint density at radius 2 is 2.00 bits per heavy atom. The fourth-order valence-corrected chi connectivity index (χ4v) is 6.27. The van der Waals surface area contributed by atoms with Crippen LogP contribution in [0.1, 0.15) is 17.9 Å². The zero-order chi connectivity index (χ0) is 21.6. The van der Waals surface area contributed by atoms with Crippen molar-refractivity contribution in [3.8, 4) is 28.7 Å². The molecular weight excluding hydrogens is 422 g/mol. The standard InChI is InChI=1S/C21H27N3O6S/c1-14-17(11-23-4-6-24(7-5-23)16-3-8-31(25,26)12-16)22-21(30-14)15-9-18(27-2)20-19(10-15)28-13-29-20/h9-10,16H,3-8,11-13H2,1-2H3/t16-/m1/s1. The van der Waals surface area contributed by atoms with Crippen LogP contribution in [0, 0.1) is 6.92 Å². The third kappa shape index (κ3) is 4.11. The maximum absolute atomic E-state index is 11.8. The van der Waals surface area contributed by atoms with Gasteiger partial charge in [0.2, 0.25) is 18.4 Å². The van der Waals surface area contributed by atoms with Gasteiger partial charge in [-0.15, -0.1) is 0 Å². The molecule has 10 heteroatoms. The molecule has 3 aliphatic heterocycles. The van der Waals surface area contributed by atoms with Gasteiger partial charge < -0.3 is 18.6 Å². The molecular formula is C21H27N3O6S. The van der Waals surface area contributed by atoms with Crippen LogP contribution in [0.15, 0.2) is 16.5 Å². The van der Waals surface area contributed by atoms with E-state index < -0.39 is 9.84 Å². The van der Waals surface area contributed by atoms with Crippen LogP contribution < -0.4 is 14.2 Å². The minimum atomic E-state index is -2.85. The molecule has 0 radical (unpaired) electrons. The lowest BCUT2D eigenvalue weighted by Crippen LogP contribution is -2.50. The number of sulfone groups is 1. The lowest BCUT2D eigenvalue weighted by Gasteiger charge is -2.37. The van der Waals surface area contributed by atoms with E-state index in [1.807, 2.05) is 19.1 Å². The molecule has 4 heterocycles. The van der Waals surface area contributed by atoms with Crippen LogP contribution in [0.2, 0.25) is 0 Å². The molecule has 0 bridgehead atoms. The van der Waals surface area contributed by atoms with Gasteiger partial charge in [0, 0.05) is 44.3 Å². The van der Waals surface area contributed by atoms with E-state index in [1.54, 1.807) is 7.11 Å². The number of piperazine rings is 1. The van der Waals surface area contributed by atoms with Crippen molar-refractivity contribution in [2.24, 2.45) is 0 Å². The summed E-state index contributed by atoms with van der Waals surface area (Å²) in [6.07, 6.45) is 0.757. The van der Waals surface area contributed by atoms with Crippen molar-refractivity contribution in [2.75, 3.05) is 51.6 Å². The van der Waals surface area contributed by atoms with Gasteiger partial charge in [0.25, 0.3) is 0 Å². The number of methoxy groups -OCH3 is 1. The Morgan fingerprint density at radius 1 is 1.19 bits per heavy atom. The Labute approximate surface area is 181 Å². The Morgan fingerprint density at radius 3 is 2.71 bits per heavy atom. The molecule has 1 aromatic heterocycles. The molecule has 1 atom stereocenters. The molecule has 0 amide bonds. The van der Waals surface area contributed by atoms with Gasteiger partial charge in [0.1, 0.15) is 5.76 Å². The number of benzene rings is 1. The number of oxazole rings is 1. The van der Waals surface area contributed by atoms with Gasteiger partial charge in [-0.05, 0) is 25.5 Å². The van der Waals surface area contributed by atoms with Gasteiger partial charge >= 0.3 is 0 Å². The van der Waals surface area contributed by atoms with Crippen molar-refractivity contribution in [1.82, 2.24) is 14.8 Å². The summed E-state index contributed by atoms with van der Waals surface area (Å²) in [5.74, 6) is 3.75. The second-order valence-electron chi connectivity index (χ2n) is 8.30.